The van der Waals surface area contributed by atoms with Gasteiger partial charge in [-0.15, -0.1) is 0 Å². The fourth-order valence-corrected chi connectivity index (χ4v) is 3.52. The molecule has 0 aliphatic heterocycles. The number of nitrogens with zero attached hydrogens (tertiary/aromatic N) is 1. The van der Waals surface area contributed by atoms with E-state index in [1.54, 1.807) is 7.05 Å². The highest BCUT2D eigenvalue weighted by atomic mass is 32.2. The lowest BCUT2D eigenvalue weighted by molar-refractivity contribution is 0.680. The number of aliphatic imine (C=N–C) groups is 1. The molecule has 0 heterocycles. The van der Waals surface area contributed by atoms with Gasteiger partial charge >= 0.3 is 0 Å². The van der Waals surface area contributed by atoms with Crippen molar-refractivity contribution in [3.63, 3.8) is 0 Å². The van der Waals surface area contributed by atoms with Gasteiger partial charge in [0.25, 0.3) is 0 Å². The Morgan fingerprint density at radius 1 is 0.920 bits per heavy atom. The molecule has 0 aliphatic carbocycles. The summed E-state index contributed by atoms with van der Waals surface area (Å²) in [4.78, 5) is 4.21. The third-order valence-corrected chi connectivity index (χ3v) is 5.11. The summed E-state index contributed by atoms with van der Waals surface area (Å²) < 4.78 is 12.1. The summed E-state index contributed by atoms with van der Waals surface area (Å²) in [5.41, 5.74) is 2.47. The first-order valence-electron chi connectivity index (χ1n) is 8.65. The summed E-state index contributed by atoms with van der Waals surface area (Å²) in [5.74, 6) is 1.98. The van der Waals surface area contributed by atoms with Crippen molar-refractivity contribution >= 4 is 16.8 Å². The second kappa shape index (κ2) is 11.4. The van der Waals surface area contributed by atoms with Crippen LogP contribution in [0.3, 0.4) is 0 Å². The number of rotatable bonds is 9. The SMILES string of the molecule is CN=C(NCCCc1ccccc1)NCCS(=O)Cc1ccccc1. The van der Waals surface area contributed by atoms with E-state index in [4.69, 9.17) is 0 Å². The molecule has 25 heavy (non-hydrogen) atoms. The fourth-order valence-electron chi connectivity index (χ4n) is 2.48. The summed E-state index contributed by atoms with van der Waals surface area (Å²) in [6.45, 7) is 1.51. The van der Waals surface area contributed by atoms with Crippen molar-refractivity contribution < 1.29 is 4.21 Å². The van der Waals surface area contributed by atoms with Crippen LogP contribution >= 0.6 is 0 Å². The zero-order chi connectivity index (χ0) is 17.7. The molecule has 5 heteroatoms. The molecule has 0 saturated heterocycles. The van der Waals surface area contributed by atoms with Crippen LogP contribution in [0.4, 0.5) is 0 Å². The van der Waals surface area contributed by atoms with Crippen LogP contribution in [0.5, 0.6) is 0 Å². The number of nitrogens with one attached hydrogen (secondary N) is 2. The van der Waals surface area contributed by atoms with Crippen LogP contribution in [-0.4, -0.2) is 36.1 Å². The Hall–Kier alpha value is -2.14. The van der Waals surface area contributed by atoms with Crippen molar-refractivity contribution in [1.29, 1.82) is 0 Å². The van der Waals surface area contributed by atoms with Crippen LogP contribution in [0, 0.1) is 0 Å². The normalized spacial score (nSPS) is 12.6. The topological polar surface area (TPSA) is 53.5 Å². The average molecular weight is 358 g/mol. The Labute approximate surface area is 153 Å². The molecule has 0 aromatic heterocycles. The lowest BCUT2D eigenvalue weighted by Gasteiger charge is -2.11. The predicted molar refractivity (Wildman–Crippen MR) is 107 cm³/mol. The minimum atomic E-state index is -0.867. The standard InChI is InChI=1S/C20H27N3OS/c1-21-20(22-14-8-13-18-9-4-2-5-10-18)23-15-16-25(24)17-19-11-6-3-7-12-19/h2-7,9-12H,8,13-17H2,1H3,(H2,21,22,23). The highest BCUT2D eigenvalue weighted by Gasteiger charge is 2.03. The molecule has 0 aliphatic rings. The molecule has 0 amide bonds. The summed E-state index contributed by atoms with van der Waals surface area (Å²) in [6, 6.07) is 20.4. The quantitative estimate of drug-likeness (QED) is 0.412. The van der Waals surface area contributed by atoms with Gasteiger partial charge in [0, 0.05) is 42.4 Å². The number of hydrogen-bond donors (Lipinski definition) is 2. The summed E-state index contributed by atoms with van der Waals surface area (Å²) in [7, 11) is 0.890. The second-order valence-electron chi connectivity index (χ2n) is 5.79. The zero-order valence-electron chi connectivity index (χ0n) is 14.8. The van der Waals surface area contributed by atoms with Crippen molar-refractivity contribution in [3.8, 4) is 0 Å². The van der Waals surface area contributed by atoms with Gasteiger partial charge in [0.05, 0.1) is 0 Å². The highest BCUT2D eigenvalue weighted by molar-refractivity contribution is 7.84. The van der Waals surface area contributed by atoms with Crippen LogP contribution in [0.15, 0.2) is 65.7 Å². The smallest absolute Gasteiger partial charge is 0.191 e. The summed E-state index contributed by atoms with van der Waals surface area (Å²) in [5, 5.41) is 6.53. The molecule has 0 saturated carbocycles. The Morgan fingerprint density at radius 2 is 1.52 bits per heavy atom. The van der Waals surface area contributed by atoms with Gasteiger partial charge in [-0.05, 0) is 24.0 Å². The van der Waals surface area contributed by atoms with E-state index >= 15 is 0 Å². The molecular formula is C20H27N3OS. The molecule has 0 fully saturated rings. The molecule has 1 unspecified atom stereocenters. The highest BCUT2D eigenvalue weighted by Crippen LogP contribution is 2.03. The van der Waals surface area contributed by atoms with E-state index in [9.17, 15) is 4.21 Å². The van der Waals surface area contributed by atoms with Crippen molar-refractivity contribution in [2.45, 2.75) is 18.6 Å². The van der Waals surface area contributed by atoms with Gasteiger partial charge in [-0.3, -0.25) is 9.20 Å². The van der Waals surface area contributed by atoms with Gasteiger partial charge < -0.3 is 10.6 Å². The van der Waals surface area contributed by atoms with Crippen molar-refractivity contribution in [2.24, 2.45) is 4.99 Å². The van der Waals surface area contributed by atoms with Gasteiger partial charge in [0.15, 0.2) is 5.96 Å². The Kier molecular flexibility index (Phi) is 8.77. The number of benzene rings is 2. The van der Waals surface area contributed by atoms with Gasteiger partial charge in [0.2, 0.25) is 0 Å². The van der Waals surface area contributed by atoms with Crippen LogP contribution in [0.1, 0.15) is 17.5 Å². The maximum absolute atomic E-state index is 12.1. The minimum Gasteiger partial charge on any atom is -0.356 e. The Bertz CT molecular complexity index is 659. The molecule has 2 aromatic carbocycles. The summed E-state index contributed by atoms with van der Waals surface area (Å²) >= 11 is 0. The molecule has 1 atom stereocenters. The molecule has 0 spiro atoms. The van der Waals surface area contributed by atoms with Gasteiger partial charge in [-0.25, -0.2) is 0 Å². The number of guanidine groups is 1. The third kappa shape index (κ3) is 7.98. The molecule has 2 rings (SSSR count). The monoisotopic (exact) mass is 357 g/mol. The third-order valence-electron chi connectivity index (χ3n) is 3.79. The predicted octanol–water partition coefficient (Wildman–Crippen LogP) is 2.73. The van der Waals surface area contributed by atoms with Crippen LogP contribution < -0.4 is 10.6 Å². The first-order valence-corrected chi connectivity index (χ1v) is 10.1. The van der Waals surface area contributed by atoms with Crippen molar-refractivity contribution in [2.75, 3.05) is 25.9 Å². The van der Waals surface area contributed by atoms with Gasteiger partial charge in [-0.1, -0.05) is 60.7 Å². The van der Waals surface area contributed by atoms with E-state index in [1.807, 2.05) is 36.4 Å². The molecule has 0 radical (unpaired) electrons. The summed E-state index contributed by atoms with van der Waals surface area (Å²) in [6.07, 6.45) is 2.09. The molecular weight excluding hydrogens is 330 g/mol. The van der Waals surface area contributed by atoms with E-state index in [-0.39, 0.29) is 0 Å². The number of aryl methyl sites for hydroxylation is 1. The largest absolute Gasteiger partial charge is 0.356 e. The molecule has 0 bridgehead atoms. The Balaban J connectivity index is 1.59. The molecule has 4 nitrogen and oxygen atoms in total. The first-order chi connectivity index (χ1) is 12.3. The lowest BCUT2D eigenvalue weighted by Crippen LogP contribution is -2.39. The van der Waals surface area contributed by atoms with Crippen LogP contribution in [0.2, 0.25) is 0 Å². The van der Waals surface area contributed by atoms with Crippen LogP contribution in [-0.2, 0) is 23.0 Å². The lowest BCUT2D eigenvalue weighted by atomic mass is 10.1. The van der Waals surface area contributed by atoms with Crippen molar-refractivity contribution in [1.82, 2.24) is 10.6 Å². The average Bonchev–Trinajstić information content (AvgIpc) is 2.65. The molecule has 2 N–H and O–H groups in total. The zero-order valence-corrected chi connectivity index (χ0v) is 15.6. The fraction of sp³-hybridized carbons (Fsp3) is 0.350. The van der Waals surface area contributed by atoms with Crippen LogP contribution in [0.25, 0.3) is 0 Å². The minimum absolute atomic E-state index is 0.603. The van der Waals surface area contributed by atoms with E-state index in [0.717, 1.165) is 30.9 Å². The van der Waals surface area contributed by atoms with E-state index in [2.05, 4.69) is 39.9 Å². The van der Waals surface area contributed by atoms with E-state index in [0.29, 0.717) is 18.1 Å². The van der Waals surface area contributed by atoms with Gasteiger partial charge in [0.1, 0.15) is 0 Å². The van der Waals surface area contributed by atoms with E-state index in [1.165, 1.54) is 5.56 Å². The molecule has 134 valence electrons. The maximum Gasteiger partial charge on any atom is 0.191 e. The van der Waals surface area contributed by atoms with E-state index < -0.39 is 10.8 Å². The number of hydrogen-bond acceptors (Lipinski definition) is 2. The first kappa shape index (κ1) is 19.2. The van der Waals surface area contributed by atoms with Crippen molar-refractivity contribution in [3.05, 3.63) is 71.8 Å². The molecule has 2 aromatic rings. The second-order valence-corrected chi connectivity index (χ2v) is 7.37. The Morgan fingerprint density at radius 3 is 2.16 bits per heavy atom. The van der Waals surface area contributed by atoms with Gasteiger partial charge in [-0.2, -0.15) is 0 Å². The maximum atomic E-state index is 12.1.